The quantitative estimate of drug-likeness (QED) is 0.356. The summed E-state index contributed by atoms with van der Waals surface area (Å²) in [5.41, 5.74) is 4.90. The van der Waals surface area contributed by atoms with Crippen molar-refractivity contribution in [3.8, 4) is 11.3 Å². The number of hydrogen-bond donors (Lipinski definition) is 2. The fourth-order valence-corrected chi connectivity index (χ4v) is 4.78. The Hall–Kier alpha value is -3.97. The Bertz CT molecular complexity index is 1380. The fraction of sp³-hybridized carbons (Fsp3) is 0.148. The van der Waals surface area contributed by atoms with E-state index in [1.54, 1.807) is 24.4 Å². The van der Waals surface area contributed by atoms with Crippen molar-refractivity contribution in [1.29, 1.82) is 0 Å². The van der Waals surface area contributed by atoms with Crippen LogP contribution < -0.4 is 10.2 Å². The van der Waals surface area contributed by atoms with Gasteiger partial charge in [0.05, 0.1) is 17.3 Å². The van der Waals surface area contributed by atoms with Crippen LogP contribution in [0.4, 0.5) is 5.69 Å². The lowest BCUT2D eigenvalue weighted by molar-refractivity contribution is 0.0697. The van der Waals surface area contributed by atoms with Crippen molar-refractivity contribution in [3.05, 3.63) is 107 Å². The Morgan fingerprint density at radius 2 is 1.91 bits per heavy atom. The van der Waals surface area contributed by atoms with Crippen LogP contribution in [0.25, 0.3) is 11.3 Å². The average molecular weight is 470 g/mol. The van der Waals surface area contributed by atoms with Crippen molar-refractivity contribution in [3.63, 3.8) is 0 Å². The molecule has 0 saturated carbocycles. The summed E-state index contributed by atoms with van der Waals surface area (Å²) in [4.78, 5) is 18.0. The lowest BCUT2D eigenvalue weighted by Crippen LogP contribution is -2.29. The molecule has 170 valence electrons. The first kappa shape index (κ1) is 21.9. The summed E-state index contributed by atoms with van der Waals surface area (Å²) in [6.45, 7) is 3.93. The molecule has 1 aliphatic rings. The Morgan fingerprint density at radius 3 is 2.62 bits per heavy atom. The third-order valence-corrected chi connectivity index (χ3v) is 6.35. The van der Waals surface area contributed by atoms with Gasteiger partial charge in [-0.25, -0.2) is 4.79 Å². The molecule has 6 nitrogen and oxygen atoms in total. The second kappa shape index (κ2) is 8.76. The highest BCUT2D eigenvalue weighted by Gasteiger charge is 2.42. The monoisotopic (exact) mass is 469 g/mol. The van der Waals surface area contributed by atoms with E-state index in [0.717, 1.165) is 33.8 Å². The van der Waals surface area contributed by atoms with Crippen LogP contribution in [0.1, 0.15) is 45.0 Å². The predicted octanol–water partition coefficient (Wildman–Crippen LogP) is 5.83. The highest BCUT2D eigenvalue weighted by molar-refractivity contribution is 7.80. The molecule has 0 bridgehead atoms. The Kier molecular flexibility index (Phi) is 5.63. The molecule has 34 heavy (non-hydrogen) atoms. The lowest BCUT2D eigenvalue weighted by Gasteiger charge is -2.26. The third-order valence-electron chi connectivity index (χ3n) is 6.04. The molecule has 2 atom stereocenters. The largest absolute Gasteiger partial charge is 0.478 e. The van der Waals surface area contributed by atoms with Gasteiger partial charge in [0.25, 0.3) is 0 Å². The van der Waals surface area contributed by atoms with Gasteiger partial charge in [-0.3, -0.25) is 4.98 Å². The van der Waals surface area contributed by atoms with E-state index in [-0.39, 0.29) is 17.6 Å². The van der Waals surface area contributed by atoms with Gasteiger partial charge in [-0.2, -0.15) is 0 Å². The first-order chi connectivity index (χ1) is 16.4. The van der Waals surface area contributed by atoms with Crippen molar-refractivity contribution in [1.82, 2.24) is 10.3 Å². The second-order valence-electron chi connectivity index (χ2n) is 8.37. The number of carboxylic acid groups (broad SMARTS) is 1. The molecular weight excluding hydrogens is 446 g/mol. The molecule has 0 spiro atoms. The fourth-order valence-electron chi connectivity index (χ4n) is 4.43. The molecule has 4 aromatic rings. The minimum atomic E-state index is -0.952. The van der Waals surface area contributed by atoms with Crippen LogP contribution >= 0.6 is 12.2 Å². The number of anilines is 1. The molecular formula is C27H23N3O3S. The zero-order valence-electron chi connectivity index (χ0n) is 18.7. The second-order valence-corrected chi connectivity index (χ2v) is 8.76. The molecule has 5 rings (SSSR count). The van der Waals surface area contributed by atoms with Crippen LogP contribution in [0.2, 0.25) is 0 Å². The standard InChI is InChI=1S/C27H23N3O3S/c1-16-6-5-7-19(14-16)30-25(24(29-27(30)34)21-8-3-4-13-28-21)23-12-11-22(33-23)20-10-9-18(26(31)32)15-17(20)2/h3-15,24-25H,1-2H3,(H,29,34)(H,31,32). The number of hydrogen-bond acceptors (Lipinski definition) is 4. The summed E-state index contributed by atoms with van der Waals surface area (Å²) in [7, 11) is 0. The smallest absolute Gasteiger partial charge is 0.335 e. The summed E-state index contributed by atoms with van der Waals surface area (Å²) >= 11 is 5.77. The van der Waals surface area contributed by atoms with E-state index >= 15 is 0 Å². The molecule has 7 heteroatoms. The molecule has 2 aromatic heterocycles. The number of pyridine rings is 1. The number of carboxylic acids is 1. The summed E-state index contributed by atoms with van der Waals surface area (Å²) in [5, 5.41) is 13.3. The molecule has 2 aromatic carbocycles. The molecule has 2 unspecified atom stereocenters. The van der Waals surface area contributed by atoms with E-state index < -0.39 is 5.97 Å². The number of thiocarbonyl (C=S) groups is 1. The number of aryl methyl sites for hydroxylation is 2. The van der Waals surface area contributed by atoms with Gasteiger partial charge >= 0.3 is 5.97 Å². The van der Waals surface area contributed by atoms with Crippen LogP contribution in [0.3, 0.4) is 0 Å². The number of nitrogens with one attached hydrogen (secondary N) is 1. The van der Waals surface area contributed by atoms with Gasteiger partial charge in [-0.1, -0.05) is 24.3 Å². The number of aromatic nitrogens is 1. The van der Waals surface area contributed by atoms with Gasteiger partial charge in [-0.05, 0) is 85.7 Å². The minimum Gasteiger partial charge on any atom is -0.478 e. The van der Waals surface area contributed by atoms with E-state index in [0.29, 0.717) is 10.9 Å². The SMILES string of the molecule is Cc1cccc(N2C(=S)NC(c3ccccn3)C2c2ccc(-c3ccc(C(=O)O)cc3C)o2)c1. The number of rotatable bonds is 5. The molecule has 1 fully saturated rings. The van der Waals surface area contributed by atoms with Crippen molar-refractivity contribution in [2.75, 3.05) is 4.90 Å². The summed E-state index contributed by atoms with van der Waals surface area (Å²) in [5.74, 6) is 0.458. The Labute approximate surface area is 202 Å². The molecule has 0 radical (unpaired) electrons. The minimum absolute atomic E-state index is 0.205. The summed E-state index contributed by atoms with van der Waals surface area (Å²) in [6.07, 6.45) is 1.77. The molecule has 3 heterocycles. The first-order valence-corrected chi connectivity index (χ1v) is 11.3. The predicted molar refractivity (Wildman–Crippen MR) is 135 cm³/mol. The average Bonchev–Trinajstić information content (AvgIpc) is 3.44. The maximum absolute atomic E-state index is 11.3. The topological polar surface area (TPSA) is 78.6 Å². The van der Waals surface area contributed by atoms with Crippen LogP contribution in [-0.2, 0) is 0 Å². The normalized spacial score (nSPS) is 17.6. The van der Waals surface area contributed by atoms with Gasteiger partial charge in [0, 0.05) is 17.4 Å². The number of benzene rings is 2. The molecule has 0 aliphatic carbocycles. The number of aromatic carboxylic acids is 1. The van der Waals surface area contributed by atoms with Crippen molar-refractivity contribution < 1.29 is 14.3 Å². The maximum Gasteiger partial charge on any atom is 0.335 e. The van der Waals surface area contributed by atoms with Gasteiger partial charge in [0.1, 0.15) is 17.6 Å². The highest BCUT2D eigenvalue weighted by atomic mass is 32.1. The number of carbonyl (C=O) groups is 1. The van der Waals surface area contributed by atoms with E-state index in [1.807, 2.05) is 49.4 Å². The maximum atomic E-state index is 11.3. The van der Waals surface area contributed by atoms with E-state index in [1.165, 1.54) is 0 Å². The van der Waals surface area contributed by atoms with Crippen LogP contribution in [0.15, 0.2) is 83.4 Å². The van der Waals surface area contributed by atoms with Crippen LogP contribution in [0.5, 0.6) is 0 Å². The van der Waals surface area contributed by atoms with Crippen LogP contribution in [0, 0.1) is 13.8 Å². The van der Waals surface area contributed by atoms with Gasteiger partial charge in [0.2, 0.25) is 0 Å². The van der Waals surface area contributed by atoms with Gasteiger partial charge in [-0.15, -0.1) is 0 Å². The molecule has 0 amide bonds. The third kappa shape index (κ3) is 3.95. The molecule has 2 N–H and O–H groups in total. The van der Waals surface area contributed by atoms with Gasteiger partial charge < -0.3 is 19.7 Å². The van der Waals surface area contributed by atoms with E-state index in [4.69, 9.17) is 16.6 Å². The van der Waals surface area contributed by atoms with Crippen molar-refractivity contribution >= 4 is 29.0 Å². The number of nitrogens with zero attached hydrogens (tertiary/aromatic N) is 2. The molecule has 1 saturated heterocycles. The zero-order chi connectivity index (χ0) is 23.8. The van der Waals surface area contributed by atoms with Crippen molar-refractivity contribution in [2.24, 2.45) is 0 Å². The zero-order valence-corrected chi connectivity index (χ0v) is 19.5. The first-order valence-electron chi connectivity index (χ1n) is 10.9. The highest BCUT2D eigenvalue weighted by Crippen LogP contribution is 2.43. The summed E-state index contributed by atoms with van der Waals surface area (Å²) in [6, 6.07) is 22.5. The Morgan fingerprint density at radius 1 is 1.06 bits per heavy atom. The number of furan rings is 1. The molecule has 1 aliphatic heterocycles. The Balaban J connectivity index is 1.59. The lowest BCUT2D eigenvalue weighted by atomic mass is 10.0. The van der Waals surface area contributed by atoms with Crippen LogP contribution in [-0.4, -0.2) is 21.2 Å². The summed E-state index contributed by atoms with van der Waals surface area (Å²) < 4.78 is 6.40. The van der Waals surface area contributed by atoms with E-state index in [2.05, 4.69) is 34.3 Å². The van der Waals surface area contributed by atoms with E-state index in [9.17, 15) is 9.90 Å². The van der Waals surface area contributed by atoms with Gasteiger partial charge in [0.15, 0.2) is 5.11 Å². The van der Waals surface area contributed by atoms with Crippen molar-refractivity contribution in [2.45, 2.75) is 25.9 Å².